The van der Waals surface area contributed by atoms with Crippen LogP contribution in [0.3, 0.4) is 0 Å². The van der Waals surface area contributed by atoms with Gasteiger partial charge in [0, 0.05) is 23.5 Å². The number of ether oxygens (including phenoxy) is 1. The van der Waals surface area contributed by atoms with Crippen molar-refractivity contribution >= 4 is 17.2 Å². The van der Waals surface area contributed by atoms with Crippen LogP contribution in [0, 0.1) is 0 Å². The van der Waals surface area contributed by atoms with Crippen molar-refractivity contribution in [3.63, 3.8) is 0 Å². The molecule has 2 heterocycles. The van der Waals surface area contributed by atoms with E-state index in [4.69, 9.17) is 4.74 Å². The van der Waals surface area contributed by atoms with Crippen LogP contribution in [0.5, 0.6) is 5.75 Å². The largest absolute Gasteiger partial charge is 0.494 e. The third kappa shape index (κ3) is 2.99. The molecular formula is C17H20N2O2S. The Hall–Kier alpha value is -1.88. The number of carbonyl (C=O) groups is 1. The van der Waals surface area contributed by atoms with Crippen molar-refractivity contribution in [1.82, 2.24) is 9.88 Å². The van der Waals surface area contributed by atoms with Gasteiger partial charge in [-0.05, 0) is 51.0 Å². The molecule has 3 rings (SSSR count). The van der Waals surface area contributed by atoms with Crippen molar-refractivity contribution in [1.29, 1.82) is 0 Å². The summed E-state index contributed by atoms with van der Waals surface area (Å²) in [6.45, 7) is 5.57. The molecule has 0 aliphatic carbocycles. The van der Waals surface area contributed by atoms with E-state index in [2.05, 4.69) is 11.9 Å². The molecule has 0 N–H and O–H groups in total. The molecule has 116 valence electrons. The van der Waals surface area contributed by atoms with E-state index in [1.165, 1.54) is 11.3 Å². The Labute approximate surface area is 134 Å². The first kappa shape index (κ1) is 15.0. The van der Waals surface area contributed by atoms with Crippen LogP contribution in [0.2, 0.25) is 0 Å². The second kappa shape index (κ2) is 6.48. The van der Waals surface area contributed by atoms with Crippen LogP contribution in [0.15, 0.2) is 29.6 Å². The summed E-state index contributed by atoms with van der Waals surface area (Å²) in [6.07, 6.45) is 2.17. The molecule has 0 spiro atoms. The number of amides is 1. The zero-order valence-electron chi connectivity index (χ0n) is 12.9. The summed E-state index contributed by atoms with van der Waals surface area (Å²) in [7, 11) is 0. The number of likely N-dealkylation sites (tertiary alicyclic amines) is 1. The summed E-state index contributed by atoms with van der Waals surface area (Å²) in [4.78, 5) is 18.9. The van der Waals surface area contributed by atoms with Crippen LogP contribution in [0.1, 0.15) is 37.2 Å². The zero-order chi connectivity index (χ0) is 15.5. The minimum atomic E-state index is 0.0541. The van der Waals surface area contributed by atoms with Gasteiger partial charge in [-0.25, -0.2) is 4.98 Å². The number of aromatic nitrogens is 1. The first-order valence-corrected chi connectivity index (χ1v) is 8.56. The van der Waals surface area contributed by atoms with Crippen molar-refractivity contribution in [3.8, 4) is 16.3 Å². The molecule has 1 fully saturated rings. The standard InChI is InChI=1S/C17H20N2O2S/c1-3-21-14-8-6-13(7-9-14)16-18-15(11-22-16)17(20)19-10-4-5-12(19)2/h6-9,11-12H,3-5,10H2,1-2H3. The van der Waals surface area contributed by atoms with Crippen LogP contribution in [-0.2, 0) is 0 Å². The Bertz CT molecular complexity index is 651. The highest BCUT2D eigenvalue weighted by molar-refractivity contribution is 7.13. The molecule has 1 unspecified atom stereocenters. The molecule has 0 radical (unpaired) electrons. The maximum absolute atomic E-state index is 12.5. The fourth-order valence-electron chi connectivity index (χ4n) is 2.75. The quantitative estimate of drug-likeness (QED) is 0.861. The molecule has 1 saturated heterocycles. The molecule has 1 amide bonds. The number of hydrogen-bond donors (Lipinski definition) is 0. The Morgan fingerprint density at radius 2 is 2.18 bits per heavy atom. The molecule has 1 aliphatic heterocycles. The zero-order valence-corrected chi connectivity index (χ0v) is 13.7. The monoisotopic (exact) mass is 316 g/mol. The molecule has 0 saturated carbocycles. The second-order valence-corrected chi connectivity index (χ2v) is 6.34. The van der Waals surface area contributed by atoms with E-state index in [9.17, 15) is 4.79 Å². The third-order valence-electron chi connectivity index (χ3n) is 3.95. The van der Waals surface area contributed by atoms with Gasteiger partial charge in [0.05, 0.1) is 6.61 Å². The lowest BCUT2D eigenvalue weighted by molar-refractivity contribution is 0.0742. The lowest BCUT2D eigenvalue weighted by Gasteiger charge is -2.19. The van der Waals surface area contributed by atoms with E-state index in [0.29, 0.717) is 18.3 Å². The van der Waals surface area contributed by atoms with Crippen molar-refractivity contribution in [2.75, 3.05) is 13.2 Å². The van der Waals surface area contributed by atoms with Gasteiger partial charge >= 0.3 is 0 Å². The normalized spacial score (nSPS) is 17.7. The Morgan fingerprint density at radius 3 is 2.82 bits per heavy atom. The molecule has 1 aromatic carbocycles. The maximum Gasteiger partial charge on any atom is 0.273 e. The van der Waals surface area contributed by atoms with Crippen LogP contribution >= 0.6 is 11.3 Å². The molecule has 22 heavy (non-hydrogen) atoms. The fraction of sp³-hybridized carbons (Fsp3) is 0.412. The van der Waals surface area contributed by atoms with Gasteiger partial charge in [-0.3, -0.25) is 4.79 Å². The molecule has 1 aromatic heterocycles. The highest BCUT2D eigenvalue weighted by Crippen LogP contribution is 2.27. The van der Waals surface area contributed by atoms with Gasteiger partial charge in [-0.15, -0.1) is 11.3 Å². The van der Waals surface area contributed by atoms with Crippen molar-refractivity contribution < 1.29 is 9.53 Å². The molecule has 2 aromatic rings. The average molecular weight is 316 g/mol. The minimum absolute atomic E-state index is 0.0541. The Balaban J connectivity index is 1.77. The molecule has 5 heteroatoms. The third-order valence-corrected chi connectivity index (χ3v) is 4.84. The van der Waals surface area contributed by atoms with Gasteiger partial charge in [0.15, 0.2) is 0 Å². The molecule has 1 atom stereocenters. The van der Waals surface area contributed by atoms with E-state index in [1.54, 1.807) is 0 Å². The van der Waals surface area contributed by atoms with Crippen molar-refractivity contribution in [2.24, 2.45) is 0 Å². The summed E-state index contributed by atoms with van der Waals surface area (Å²) in [5.41, 5.74) is 1.57. The summed E-state index contributed by atoms with van der Waals surface area (Å²) in [5.74, 6) is 0.906. The number of hydrogen-bond acceptors (Lipinski definition) is 4. The SMILES string of the molecule is CCOc1ccc(-c2nc(C(=O)N3CCCC3C)cs2)cc1. The maximum atomic E-state index is 12.5. The number of benzene rings is 1. The fourth-order valence-corrected chi connectivity index (χ4v) is 3.55. The lowest BCUT2D eigenvalue weighted by atomic mass is 10.2. The number of nitrogens with zero attached hydrogens (tertiary/aromatic N) is 2. The first-order chi connectivity index (χ1) is 10.7. The van der Waals surface area contributed by atoms with Gasteiger partial charge in [-0.2, -0.15) is 0 Å². The van der Waals surface area contributed by atoms with Gasteiger partial charge in [0.25, 0.3) is 5.91 Å². The molecule has 0 bridgehead atoms. The molecular weight excluding hydrogens is 296 g/mol. The minimum Gasteiger partial charge on any atom is -0.494 e. The summed E-state index contributed by atoms with van der Waals surface area (Å²) in [5, 5.41) is 2.73. The molecule has 1 aliphatic rings. The van der Waals surface area contributed by atoms with Crippen molar-refractivity contribution in [2.45, 2.75) is 32.7 Å². The van der Waals surface area contributed by atoms with Gasteiger partial charge in [0.2, 0.25) is 0 Å². The average Bonchev–Trinajstić information content (AvgIpc) is 3.17. The van der Waals surface area contributed by atoms with E-state index >= 15 is 0 Å². The number of thiazole rings is 1. The highest BCUT2D eigenvalue weighted by atomic mass is 32.1. The van der Waals surface area contributed by atoms with E-state index < -0.39 is 0 Å². The topological polar surface area (TPSA) is 42.4 Å². The Morgan fingerprint density at radius 1 is 1.41 bits per heavy atom. The predicted octanol–water partition coefficient (Wildman–Crippen LogP) is 3.83. The van der Waals surface area contributed by atoms with Crippen LogP contribution in [0.4, 0.5) is 0 Å². The van der Waals surface area contributed by atoms with Crippen LogP contribution in [0.25, 0.3) is 10.6 Å². The summed E-state index contributed by atoms with van der Waals surface area (Å²) in [6, 6.07) is 8.16. The summed E-state index contributed by atoms with van der Waals surface area (Å²) >= 11 is 1.51. The molecule has 4 nitrogen and oxygen atoms in total. The van der Waals surface area contributed by atoms with E-state index in [-0.39, 0.29) is 5.91 Å². The smallest absolute Gasteiger partial charge is 0.273 e. The summed E-state index contributed by atoms with van der Waals surface area (Å²) < 4.78 is 5.44. The van der Waals surface area contributed by atoms with Crippen LogP contribution in [-0.4, -0.2) is 35.0 Å². The van der Waals surface area contributed by atoms with Gasteiger partial charge < -0.3 is 9.64 Å². The first-order valence-electron chi connectivity index (χ1n) is 7.68. The van der Waals surface area contributed by atoms with E-state index in [1.807, 2.05) is 41.5 Å². The van der Waals surface area contributed by atoms with Crippen molar-refractivity contribution in [3.05, 3.63) is 35.3 Å². The van der Waals surface area contributed by atoms with Crippen LogP contribution < -0.4 is 4.74 Å². The number of rotatable bonds is 4. The number of carbonyl (C=O) groups excluding carboxylic acids is 1. The second-order valence-electron chi connectivity index (χ2n) is 5.49. The lowest BCUT2D eigenvalue weighted by Crippen LogP contribution is -2.33. The van der Waals surface area contributed by atoms with Gasteiger partial charge in [-0.1, -0.05) is 0 Å². The predicted molar refractivity (Wildman–Crippen MR) is 88.5 cm³/mol. The highest BCUT2D eigenvalue weighted by Gasteiger charge is 2.27. The van der Waals surface area contributed by atoms with Gasteiger partial charge in [0.1, 0.15) is 16.5 Å². The Kier molecular flexibility index (Phi) is 4.43. The van der Waals surface area contributed by atoms with E-state index in [0.717, 1.165) is 35.7 Å².